The van der Waals surface area contributed by atoms with E-state index < -0.39 is 0 Å². The Labute approximate surface area is 122 Å². The number of aryl methyl sites for hydroxylation is 1. The Morgan fingerprint density at radius 2 is 2.37 bits per heavy atom. The summed E-state index contributed by atoms with van der Waals surface area (Å²) in [6, 6.07) is 3.75. The van der Waals surface area contributed by atoms with Gasteiger partial charge in [0.25, 0.3) is 0 Å². The average molecular weight is 327 g/mol. The lowest BCUT2D eigenvalue weighted by molar-refractivity contribution is 0.0978. The van der Waals surface area contributed by atoms with Crippen molar-refractivity contribution in [2.45, 2.75) is 38.7 Å². The molecular weight excluding hydrogens is 308 g/mol. The quantitative estimate of drug-likeness (QED) is 0.587. The van der Waals surface area contributed by atoms with Gasteiger partial charge >= 0.3 is 0 Å². The topological polar surface area (TPSA) is 35.5 Å². The number of hydrogen-bond donors (Lipinski definition) is 0. The minimum Gasteiger partial charge on any atom is -0.493 e. The molecule has 1 aliphatic rings. The molecule has 1 fully saturated rings. The van der Waals surface area contributed by atoms with Crippen molar-refractivity contribution in [3.05, 3.63) is 27.7 Å². The first-order chi connectivity index (χ1) is 9.20. The predicted molar refractivity (Wildman–Crippen MR) is 78.0 cm³/mol. The second-order valence-electron chi connectivity index (χ2n) is 4.88. The van der Waals surface area contributed by atoms with Crippen LogP contribution in [0.2, 0.25) is 0 Å². The molecule has 1 aliphatic heterocycles. The monoisotopic (exact) mass is 326 g/mol. The first-order valence-corrected chi connectivity index (χ1v) is 7.49. The van der Waals surface area contributed by atoms with E-state index >= 15 is 0 Å². The fraction of sp³-hybridized carbons (Fsp3) is 0.533. The van der Waals surface area contributed by atoms with Crippen LogP contribution < -0.4 is 4.74 Å². The molecule has 1 atom stereocenters. The van der Waals surface area contributed by atoms with Crippen molar-refractivity contribution in [1.29, 1.82) is 0 Å². The van der Waals surface area contributed by atoms with Crippen LogP contribution in [0.4, 0.5) is 0 Å². The molecule has 0 spiro atoms. The maximum atomic E-state index is 11.1. The number of carbonyl (C=O) groups is 1. The van der Waals surface area contributed by atoms with Gasteiger partial charge in [0.15, 0.2) is 6.29 Å². The van der Waals surface area contributed by atoms with Crippen molar-refractivity contribution in [3.63, 3.8) is 0 Å². The van der Waals surface area contributed by atoms with Crippen molar-refractivity contribution >= 4 is 22.2 Å². The zero-order valence-corrected chi connectivity index (χ0v) is 12.7. The summed E-state index contributed by atoms with van der Waals surface area (Å²) < 4.78 is 12.2. The second kappa shape index (κ2) is 7.06. The lowest BCUT2D eigenvalue weighted by atomic mass is 10.1. The third kappa shape index (κ3) is 4.05. The normalized spacial score (nSPS) is 18.5. The van der Waals surface area contributed by atoms with Crippen molar-refractivity contribution in [2.24, 2.45) is 0 Å². The summed E-state index contributed by atoms with van der Waals surface area (Å²) in [5.41, 5.74) is 1.58. The summed E-state index contributed by atoms with van der Waals surface area (Å²) in [6.45, 7) is 3.48. The van der Waals surface area contributed by atoms with Crippen LogP contribution in [0.5, 0.6) is 5.75 Å². The summed E-state index contributed by atoms with van der Waals surface area (Å²) >= 11 is 3.38. The zero-order chi connectivity index (χ0) is 13.7. The SMILES string of the molecule is Cc1cc(Br)cc(C=O)c1OCCCC1CCCO1. The first-order valence-electron chi connectivity index (χ1n) is 6.70. The highest BCUT2D eigenvalue weighted by Gasteiger charge is 2.15. The van der Waals surface area contributed by atoms with E-state index in [2.05, 4.69) is 15.9 Å². The van der Waals surface area contributed by atoms with E-state index in [0.717, 1.165) is 42.2 Å². The summed E-state index contributed by atoms with van der Waals surface area (Å²) in [6.07, 6.45) is 5.57. The number of hydrogen-bond acceptors (Lipinski definition) is 3. The van der Waals surface area contributed by atoms with Gasteiger partial charge in [-0.05, 0) is 50.3 Å². The summed E-state index contributed by atoms with van der Waals surface area (Å²) in [4.78, 5) is 11.1. The molecule has 0 amide bonds. The summed E-state index contributed by atoms with van der Waals surface area (Å²) in [5, 5.41) is 0. The molecule has 1 heterocycles. The van der Waals surface area contributed by atoms with Crippen LogP contribution in [0.15, 0.2) is 16.6 Å². The molecule has 0 aromatic heterocycles. The molecular formula is C15H19BrO3. The Kier molecular flexibility index (Phi) is 5.40. The molecule has 1 unspecified atom stereocenters. The number of halogens is 1. The maximum absolute atomic E-state index is 11.1. The molecule has 3 nitrogen and oxygen atoms in total. The van der Waals surface area contributed by atoms with Gasteiger partial charge in [-0.25, -0.2) is 0 Å². The van der Waals surface area contributed by atoms with Crippen LogP contribution in [0.25, 0.3) is 0 Å². The van der Waals surface area contributed by atoms with Gasteiger partial charge in [0.2, 0.25) is 0 Å². The molecule has 2 rings (SSSR count). The Bertz CT molecular complexity index is 439. The van der Waals surface area contributed by atoms with Gasteiger partial charge in [-0.3, -0.25) is 4.79 Å². The smallest absolute Gasteiger partial charge is 0.153 e. The molecule has 0 radical (unpaired) electrons. The van der Waals surface area contributed by atoms with Gasteiger partial charge in [-0.2, -0.15) is 0 Å². The number of ether oxygens (including phenoxy) is 2. The number of benzene rings is 1. The van der Waals surface area contributed by atoms with Crippen LogP contribution in [0, 0.1) is 6.92 Å². The van der Waals surface area contributed by atoms with Gasteiger partial charge in [0, 0.05) is 11.1 Å². The fourth-order valence-electron chi connectivity index (χ4n) is 2.40. The average Bonchev–Trinajstić information content (AvgIpc) is 2.89. The van der Waals surface area contributed by atoms with E-state index in [-0.39, 0.29) is 0 Å². The maximum Gasteiger partial charge on any atom is 0.153 e. The van der Waals surface area contributed by atoms with E-state index in [1.165, 1.54) is 6.42 Å². The Morgan fingerprint density at radius 3 is 3.05 bits per heavy atom. The molecule has 0 N–H and O–H groups in total. The number of carbonyl (C=O) groups excluding carboxylic acids is 1. The largest absolute Gasteiger partial charge is 0.493 e. The zero-order valence-electron chi connectivity index (χ0n) is 11.2. The second-order valence-corrected chi connectivity index (χ2v) is 5.80. The van der Waals surface area contributed by atoms with E-state index in [9.17, 15) is 4.79 Å². The number of aldehydes is 1. The third-order valence-electron chi connectivity index (χ3n) is 3.34. The van der Waals surface area contributed by atoms with Crippen molar-refractivity contribution < 1.29 is 14.3 Å². The van der Waals surface area contributed by atoms with Crippen LogP contribution in [-0.2, 0) is 4.74 Å². The lowest BCUT2D eigenvalue weighted by Crippen LogP contribution is -2.08. The van der Waals surface area contributed by atoms with Crippen LogP contribution in [-0.4, -0.2) is 25.6 Å². The first kappa shape index (κ1) is 14.5. The van der Waals surface area contributed by atoms with Gasteiger partial charge in [0.05, 0.1) is 18.3 Å². The molecule has 104 valence electrons. The molecule has 0 aliphatic carbocycles. The molecule has 0 saturated carbocycles. The van der Waals surface area contributed by atoms with E-state index in [1.54, 1.807) is 6.07 Å². The van der Waals surface area contributed by atoms with Crippen molar-refractivity contribution in [3.8, 4) is 5.75 Å². The minimum absolute atomic E-state index is 0.403. The molecule has 19 heavy (non-hydrogen) atoms. The van der Waals surface area contributed by atoms with Gasteiger partial charge in [-0.1, -0.05) is 15.9 Å². The fourth-order valence-corrected chi connectivity index (χ4v) is 2.99. The standard InChI is InChI=1S/C15H19BrO3/c1-11-8-13(16)9-12(10-17)15(11)19-7-3-5-14-4-2-6-18-14/h8-10,14H,2-7H2,1H3. The minimum atomic E-state index is 0.403. The van der Waals surface area contributed by atoms with Crippen LogP contribution in [0.1, 0.15) is 41.6 Å². The Hall–Kier alpha value is -0.870. The van der Waals surface area contributed by atoms with Gasteiger partial charge < -0.3 is 9.47 Å². The highest BCUT2D eigenvalue weighted by molar-refractivity contribution is 9.10. The number of rotatable bonds is 6. The van der Waals surface area contributed by atoms with E-state index in [1.807, 2.05) is 13.0 Å². The molecule has 1 aromatic carbocycles. The lowest BCUT2D eigenvalue weighted by Gasteiger charge is -2.13. The molecule has 1 aromatic rings. The van der Waals surface area contributed by atoms with Crippen molar-refractivity contribution in [2.75, 3.05) is 13.2 Å². The predicted octanol–water partition coefficient (Wildman–Crippen LogP) is 3.91. The van der Waals surface area contributed by atoms with Gasteiger partial charge in [-0.15, -0.1) is 0 Å². The van der Waals surface area contributed by atoms with Crippen LogP contribution in [0.3, 0.4) is 0 Å². The van der Waals surface area contributed by atoms with Crippen LogP contribution >= 0.6 is 15.9 Å². The van der Waals surface area contributed by atoms with E-state index in [4.69, 9.17) is 9.47 Å². The highest BCUT2D eigenvalue weighted by Crippen LogP contribution is 2.27. The van der Waals surface area contributed by atoms with E-state index in [0.29, 0.717) is 24.0 Å². The third-order valence-corrected chi connectivity index (χ3v) is 3.79. The van der Waals surface area contributed by atoms with Crippen molar-refractivity contribution in [1.82, 2.24) is 0 Å². The molecule has 0 bridgehead atoms. The molecule has 4 heteroatoms. The molecule has 1 saturated heterocycles. The summed E-state index contributed by atoms with van der Waals surface area (Å²) in [5.74, 6) is 0.700. The Morgan fingerprint density at radius 1 is 1.53 bits per heavy atom. The summed E-state index contributed by atoms with van der Waals surface area (Å²) in [7, 11) is 0. The Balaban J connectivity index is 1.86. The highest BCUT2D eigenvalue weighted by atomic mass is 79.9. The van der Waals surface area contributed by atoms with Gasteiger partial charge in [0.1, 0.15) is 5.75 Å².